The smallest absolute Gasteiger partial charge is 0.238 e. The number of benzene rings is 1. The summed E-state index contributed by atoms with van der Waals surface area (Å²) in [7, 11) is 0. The minimum absolute atomic E-state index is 0.0722. The van der Waals surface area contributed by atoms with Crippen molar-refractivity contribution >= 4 is 5.91 Å². The minimum atomic E-state index is 0.0722. The molecule has 20 heavy (non-hydrogen) atoms. The predicted octanol–water partition coefficient (Wildman–Crippen LogP) is 2.92. The second-order valence-corrected chi connectivity index (χ2v) is 6.34. The molecule has 3 heteroatoms. The summed E-state index contributed by atoms with van der Waals surface area (Å²) < 4.78 is 0. The van der Waals surface area contributed by atoms with E-state index in [0.29, 0.717) is 12.5 Å². The van der Waals surface area contributed by atoms with Crippen molar-refractivity contribution in [3.05, 3.63) is 34.9 Å². The Labute approximate surface area is 121 Å². The van der Waals surface area contributed by atoms with E-state index in [4.69, 9.17) is 0 Å². The van der Waals surface area contributed by atoms with Gasteiger partial charge in [-0.1, -0.05) is 36.6 Å². The summed E-state index contributed by atoms with van der Waals surface area (Å²) in [5.74, 6) is 0.953. The highest BCUT2D eigenvalue weighted by atomic mass is 16.2. The molecule has 1 unspecified atom stereocenters. The summed E-state index contributed by atoms with van der Waals surface area (Å²) in [6.45, 7) is 5.64. The topological polar surface area (TPSA) is 32.3 Å². The quantitative estimate of drug-likeness (QED) is 0.917. The molecule has 1 aromatic carbocycles. The zero-order chi connectivity index (χ0) is 14.1. The zero-order valence-corrected chi connectivity index (χ0v) is 12.5. The van der Waals surface area contributed by atoms with Gasteiger partial charge in [-0.05, 0) is 43.7 Å². The van der Waals surface area contributed by atoms with Gasteiger partial charge in [0.25, 0.3) is 0 Å². The average Bonchev–Trinajstić information content (AvgIpc) is 3.05. The van der Waals surface area contributed by atoms with Crippen LogP contribution in [0.25, 0.3) is 0 Å². The van der Waals surface area contributed by atoms with Gasteiger partial charge in [-0.2, -0.15) is 0 Å². The van der Waals surface area contributed by atoms with Crippen molar-refractivity contribution < 1.29 is 4.79 Å². The minimum Gasteiger partial charge on any atom is -0.322 e. The Morgan fingerprint density at radius 2 is 2.00 bits per heavy atom. The Balaban J connectivity index is 1.83. The molecule has 0 radical (unpaired) electrons. The lowest BCUT2D eigenvalue weighted by Crippen LogP contribution is -2.34. The van der Waals surface area contributed by atoms with Gasteiger partial charge in [0.05, 0.1) is 6.54 Å². The second-order valence-electron chi connectivity index (χ2n) is 6.34. The van der Waals surface area contributed by atoms with Gasteiger partial charge in [0.2, 0.25) is 5.91 Å². The highest BCUT2D eigenvalue weighted by Gasteiger charge is 2.34. The van der Waals surface area contributed by atoms with Crippen LogP contribution in [0.15, 0.2) is 18.2 Å². The highest BCUT2D eigenvalue weighted by molar-refractivity contribution is 5.81. The molecule has 1 aromatic rings. The molecule has 1 saturated heterocycles. The number of carbonyl (C=O) groups is 1. The number of rotatable bonds is 3. The monoisotopic (exact) mass is 272 g/mol. The lowest BCUT2D eigenvalue weighted by molar-refractivity contribution is -0.128. The third kappa shape index (κ3) is 2.59. The number of carbonyl (C=O) groups excluding carboxylic acids is 1. The van der Waals surface area contributed by atoms with Crippen LogP contribution in [0.4, 0.5) is 0 Å². The van der Waals surface area contributed by atoms with E-state index in [1.165, 1.54) is 42.4 Å². The van der Waals surface area contributed by atoms with Crippen LogP contribution in [0.3, 0.4) is 0 Å². The van der Waals surface area contributed by atoms with E-state index < -0.39 is 0 Å². The fourth-order valence-electron chi connectivity index (χ4n) is 3.55. The summed E-state index contributed by atoms with van der Waals surface area (Å²) in [5.41, 5.74) is 3.78. The van der Waals surface area contributed by atoms with Crippen molar-refractivity contribution in [3.8, 4) is 0 Å². The van der Waals surface area contributed by atoms with Crippen LogP contribution in [-0.2, 0) is 4.79 Å². The summed E-state index contributed by atoms with van der Waals surface area (Å²) in [5, 5.41) is 3.39. The van der Waals surface area contributed by atoms with Crippen LogP contribution < -0.4 is 5.32 Å². The first-order valence-electron chi connectivity index (χ1n) is 7.75. The first kappa shape index (κ1) is 13.6. The van der Waals surface area contributed by atoms with Crippen LogP contribution >= 0.6 is 0 Å². The molecule has 1 amide bonds. The molecule has 0 spiro atoms. The molecule has 0 bridgehead atoms. The van der Waals surface area contributed by atoms with Crippen LogP contribution in [0.2, 0.25) is 0 Å². The van der Waals surface area contributed by atoms with E-state index in [1.54, 1.807) is 0 Å². The van der Waals surface area contributed by atoms with Gasteiger partial charge >= 0.3 is 0 Å². The van der Waals surface area contributed by atoms with Gasteiger partial charge in [0.15, 0.2) is 0 Å². The van der Waals surface area contributed by atoms with E-state index in [0.717, 1.165) is 6.54 Å². The molecule has 2 fully saturated rings. The maximum atomic E-state index is 12.2. The molecule has 1 saturated carbocycles. The summed E-state index contributed by atoms with van der Waals surface area (Å²) in [6, 6.07) is 6.51. The lowest BCUT2D eigenvalue weighted by Gasteiger charge is -2.28. The maximum Gasteiger partial charge on any atom is 0.238 e. The summed E-state index contributed by atoms with van der Waals surface area (Å²) >= 11 is 0. The fraction of sp³-hybridized carbons (Fsp3) is 0.588. The highest BCUT2D eigenvalue weighted by Crippen LogP contribution is 2.31. The number of amides is 1. The van der Waals surface area contributed by atoms with Crippen LogP contribution in [0, 0.1) is 19.8 Å². The Morgan fingerprint density at radius 3 is 2.75 bits per heavy atom. The first-order valence-corrected chi connectivity index (χ1v) is 7.75. The molecule has 1 aliphatic carbocycles. The molecule has 0 aromatic heterocycles. The van der Waals surface area contributed by atoms with Crippen molar-refractivity contribution in [3.63, 3.8) is 0 Å². The second kappa shape index (κ2) is 5.57. The lowest BCUT2D eigenvalue weighted by atomic mass is 10.0. The van der Waals surface area contributed by atoms with Crippen molar-refractivity contribution in [2.75, 3.05) is 13.1 Å². The van der Waals surface area contributed by atoms with Crippen molar-refractivity contribution in [1.29, 1.82) is 0 Å². The van der Waals surface area contributed by atoms with Crippen LogP contribution in [0.5, 0.6) is 0 Å². The SMILES string of the molecule is Cc1ccc(C)c(C2NCC(=O)N2CC2CCCC2)c1. The molecule has 2 aliphatic rings. The number of nitrogens with zero attached hydrogens (tertiary/aromatic N) is 1. The van der Waals surface area contributed by atoms with Crippen LogP contribution in [0.1, 0.15) is 48.5 Å². The number of hydrogen-bond donors (Lipinski definition) is 1. The van der Waals surface area contributed by atoms with Crippen molar-refractivity contribution in [2.24, 2.45) is 5.92 Å². The normalized spacial score (nSPS) is 23.8. The molecular formula is C17H24N2O. The van der Waals surface area contributed by atoms with Gasteiger partial charge in [-0.25, -0.2) is 0 Å². The molecular weight excluding hydrogens is 248 g/mol. The Bertz CT molecular complexity index is 506. The molecule has 108 valence electrons. The predicted molar refractivity (Wildman–Crippen MR) is 80.3 cm³/mol. The van der Waals surface area contributed by atoms with Gasteiger partial charge < -0.3 is 4.90 Å². The summed E-state index contributed by atoms with van der Waals surface area (Å²) in [4.78, 5) is 14.3. The third-order valence-corrected chi connectivity index (χ3v) is 4.74. The molecule has 1 N–H and O–H groups in total. The van der Waals surface area contributed by atoms with E-state index >= 15 is 0 Å². The van der Waals surface area contributed by atoms with Crippen molar-refractivity contribution in [1.82, 2.24) is 10.2 Å². The van der Waals surface area contributed by atoms with Gasteiger partial charge in [0.1, 0.15) is 6.17 Å². The Kier molecular flexibility index (Phi) is 3.79. The summed E-state index contributed by atoms with van der Waals surface area (Å²) in [6.07, 6.45) is 5.29. The van der Waals surface area contributed by atoms with E-state index in [2.05, 4.69) is 42.3 Å². The average molecular weight is 272 g/mol. The number of nitrogens with one attached hydrogen (secondary N) is 1. The van der Waals surface area contributed by atoms with Gasteiger partial charge in [-0.15, -0.1) is 0 Å². The van der Waals surface area contributed by atoms with E-state index in [9.17, 15) is 4.79 Å². The van der Waals surface area contributed by atoms with E-state index in [1.807, 2.05) is 0 Å². The Hall–Kier alpha value is -1.35. The Morgan fingerprint density at radius 1 is 1.25 bits per heavy atom. The largest absolute Gasteiger partial charge is 0.322 e. The molecule has 3 rings (SSSR count). The van der Waals surface area contributed by atoms with Crippen molar-refractivity contribution in [2.45, 2.75) is 45.7 Å². The molecule has 1 aliphatic heterocycles. The fourth-order valence-corrected chi connectivity index (χ4v) is 3.55. The van der Waals surface area contributed by atoms with Gasteiger partial charge in [0, 0.05) is 6.54 Å². The third-order valence-electron chi connectivity index (χ3n) is 4.74. The molecule has 1 atom stereocenters. The van der Waals surface area contributed by atoms with E-state index in [-0.39, 0.29) is 12.1 Å². The number of aryl methyl sites for hydroxylation is 2. The van der Waals surface area contributed by atoms with Gasteiger partial charge in [-0.3, -0.25) is 10.1 Å². The van der Waals surface area contributed by atoms with Crippen LogP contribution in [-0.4, -0.2) is 23.9 Å². The number of hydrogen-bond acceptors (Lipinski definition) is 2. The first-order chi connectivity index (χ1) is 9.65. The maximum absolute atomic E-state index is 12.2. The molecule has 1 heterocycles. The zero-order valence-electron chi connectivity index (χ0n) is 12.5. The molecule has 3 nitrogen and oxygen atoms in total. The standard InChI is InChI=1S/C17H24N2O/c1-12-7-8-13(2)15(9-12)17-18-10-16(20)19(17)11-14-5-3-4-6-14/h7-9,14,17-18H,3-6,10-11H2,1-2H3.